The Morgan fingerprint density at radius 3 is 2.69 bits per heavy atom. The minimum Gasteiger partial charge on any atom is -0.504 e. The molecule has 16 heavy (non-hydrogen) atoms. The van der Waals surface area contributed by atoms with E-state index in [1.54, 1.807) is 0 Å². The predicted molar refractivity (Wildman–Crippen MR) is 56.0 cm³/mol. The zero-order valence-corrected chi connectivity index (χ0v) is 8.77. The third-order valence-corrected chi connectivity index (χ3v) is 2.18. The molecular formula is C11H12O5. The number of carboxylic acids is 1. The van der Waals surface area contributed by atoms with E-state index >= 15 is 0 Å². The number of hydrogen-bond acceptors (Lipinski definition) is 4. The fourth-order valence-electron chi connectivity index (χ4n) is 1.36. The molecule has 0 fully saturated rings. The molecule has 5 heteroatoms. The summed E-state index contributed by atoms with van der Waals surface area (Å²) in [4.78, 5) is 21.2. The number of benzene rings is 1. The number of aromatic hydroxyl groups is 1. The van der Waals surface area contributed by atoms with Crippen molar-refractivity contribution >= 4 is 12.3 Å². The van der Waals surface area contributed by atoms with Gasteiger partial charge in [-0.15, -0.1) is 0 Å². The third-order valence-electron chi connectivity index (χ3n) is 2.18. The molecule has 1 aromatic rings. The largest absolute Gasteiger partial charge is 0.504 e. The van der Waals surface area contributed by atoms with Crippen molar-refractivity contribution in [2.24, 2.45) is 0 Å². The molecule has 0 spiro atoms. The summed E-state index contributed by atoms with van der Waals surface area (Å²) in [5, 5.41) is 18.0. The van der Waals surface area contributed by atoms with Gasteiger partial charge in [-0.05, 0) is 24.1 Å². The first-order valence-electron chi connectivity index (χ1n) is 4.65. The highest BCUT2D eigenvalue weighted by Gasteiger charge is 2.10. The number of hydrogen-bond donors (Lipinski definition) is 2. The third kappa shape index (κ3) is 2.73. The summed E-state index contributed by atoms with van der Waals surface area (Å²) < 4.78 is 4.84. The number of carboxylic acid groups (broad SMARTS) is 1. The van der Waals surface area contributed by atoms with Gasteiger partial charge in [-0.3, -0.25) is 9.59 Å². The summed E-state index contributed by atoms with van der Waals surface area (Å²) in [5.41, 5.74) is 0.826. The Kier molecular flexibility index (Phi) is 3.88. The van der Waals surface area contributed by atoms with Crippen molar-refractivity contribution in [2.75, 3.05) is 7.11 Å². The van der Waals surface area contributed by atoms with Crippen LogP contribution in [0.15, 0.2) is 12.1 Å². The van der Waals surface area contributed by atoms with Crippen LogP contribution in [0.5, 0.6) is 11.5 Å². The average Bonchev–Trinajstić information content (AvgIpc) is 2.26. The minimum atomic E-state index is -0.952. The van der Waals surface area contributed by atoms with Gasteiger partial charge in [0.1, 0.15) is 6.29 Å². The van der Waals surface area contributed by atoms with Crippen molar-refractivity contribution in [3.8, 4) is 11.5 Å². The summed E-state index contributed by atoms with van der Waals surface area (Å²) in [6.07, 6.45) is 0.715. The number of aldehydes is 1. The molecule has 0 saturated heterocycles. The molecule has 0 heterocycles. The maximum absolute atomic E-state index is 10.8. The van der Waals surface area contributed by atoms with E-state index in [9.17, 15) is 14.7 Å². The highest BCUT2D eigenvalue weighted by molar-refractivity contribution is 5.79. The Morgan fingerprint density at radius 2 is 2.19 bits per heavy atom. The molecule has 0 aliphatic heterocycles. The van der Waals surface area contributed by atoms with Crippen molar-refractivity contribution in [1.29, 1.82) is 0 Å². The number of phenols is 1. The number of phenolic OH excluding ortho intramolecular Hbond substituents is 1. The van der Waals surface area contributed by atoms with Crippen LogP contribution < -0.4 is 4.74 Å². The summed E-state index contributed by atoms with van der Waals surface area (Å²) in [5.74, 6) is -0.859. The highest BCUT2D eigenvalue weighted by atomic mass is 16.5. The first kappa shape index (κ1) is 12.0. The fraction of sp³-hybridized carbons (Fsp3) is 0.273. The van der Waals surface area contributed by atoms with Crippen LogP contribution in [0, 0.1) is 0 Å². The number of aliphatic carboxylic acids is 1. The van der Waals surface area contributed by atoms with E-state index in [-0.39, 0.29) is 24.3 Å². The topological polar surface area (TPSA) is 83.8 Å². The molecule has 0 unspecified atom stereocenters. The van der Waals surface area contributed by atoms with Crippen LogP contribution in [0.25, 0.3) is 0 Å². The van der Waals surface area contributed by atoms with E-state index in [4.69, 9.17) is 9.84 Å². The standard InChI is InChI=1S/C11H12O5/c1-16-10-5-8(6-12)7(4-9(10)13)2-3-11(14)15/h4-6,13H,2-3H2,1H3,(H,14,15). The van der Waals surface area contributed by atoms with Gasteiger partial charge in [-0.1, -0.05) is 0 Å². The first-order chi connectivity index (χ1) is 7.58. The van der Waals surface area contributed by atoms with Crippen LogP contribution in [-0.4, -0.2) is 29.6 Å². The van der Waals surface area contributed by atoms with Gasteiger partial charge in [0.25, 0.3) is 0 Å². The number of ether oxygens (including phenoxy) is 1. The molecule has 0 radical (unpaired) electrons. The monoisotopic (exact) mass is 224 g/mol. The Hall–Kier alpha value is -2.04. The van der Waals surface area contributed by atoms with Gasteiger partial charge in [-0.25, -0.2) is 0 Å². The quantitative estimate of drug-likeness (QED) is 0.735. The lowest BCUT2D eigenvalue weighted by Gasteiger charge is -2.08. The Morgan fingerprint density at radius 1 is 1.50 bits per heavy atom. The molecule has 0 bridgehead atoms. The van der Waals surface area contributed by atoms with E-state index in [1.807, 2.05) is 0 Å². The SMILES string of the molecule is COc1cc(C=O)c(CCC(=O)O)cc1O. The molecule has 0 amide bonds. The lowest BCUT2D eigenvalue weighted by atomic mass is 10.0. The molecule has 0 aliphatic rings. The van der Waals surface area contributed by atoms with Crippen molar-refractivity contribution in [3.05, 3.63) is 23.3 Å². The summed E-state index contributed by atoms with van der Waals surface area (Å²) in [6, 6.07) is 2.74. The molecule has 1 aromatic carbocycles. The fourth-order valence-corrected chi connectivity index (χ4v) is 1.36. The molecule has 0 atom stereocenters. The van der Waals surface area contributed by atoms with Crippen LogP contribution in [0.4, 0.5) is 0 Å². The van der Waals surface area contributed by atoms with Crippen LogP contribution in [0.3, 0.4) is 0 Å². The second kappa shape index (κ2) is 5.16. The van der Waals surface area contributed by atoms with E-state index < -0.39 is 5.97 Å². The number of methoxy groups -OCH3 is 1. The molecule has 0 saturated carbocycles. The van der Waals surface area contributed by atoms with Gasteiger partial charge in [-0.2, -0.15) is 0 Å². The molecule has 86 valence electrons. The van der Waals surface area contributed by atoms with E-state index in [0.717, 1.165) is 0 Å². The summed E-state index contributed by atoms with van der Waals surface area (Å²) in [7, 11) is 1.38. The van der Waals surface area contributed by atoms with Gasteiger partial charge in [0, 0.05) is 12.0 Å². The van der Waals surface area contributed by atoms with Crippen molar-refractivity contribution in [2.45, 2.75) is 12.8 Å². The lowest BCUT2D eigenvalue weighted by molar-refractivity contribution is -0.136. The highest BCUT2D eigenvalue weighted by Crippen LogP contribution is 2.29. The minimum absolute atomic E-state index is 0.0907. The second-order valence-electron chi connectivity index (χ2n) is 3.23. The number of carbonyl (C=O) groups is 2. The predicted octanol–water partition coefficient (Wildman–Crippen LogP) is 1.23. The van der Waals surface area contributed by atoms with Crippen LogP contribution in [-0.2, 0) is 11.2 Å². The zero-order valence-electron chi connectivity index (χ0n) is 8.77. The molecule has 0 aromatic heterocycles. The molecular weight excluding hydrogens is 212 g/mol. The molecule has 2 N–H and O–H groups in total. The van der Waals surface area contributed by atoms with Gasteiger partial charge in [0.15, 0.2) is 11.5 Å². The van der Waals surface area contributed by atoms with E-state index in [2.05, 4.69) is 0 Å². The second-order valence-corrected chi connectivity index (χ2v) is 3.23. The maximum Gasteiger partial charge on any atom is 0.303 e. The van der Waals surface area contributed by atoms with Crippen molar-refractivity contribution < 1.29 is 24.5 Å². The Balaban J connectivity index is 3.03. The molecule has 0 aliphatic carbocycles. The van der Waals surface area contributed by atoms with Crippen molar-refractivity contribution in [3.63, 3.8) is 0 Å². The molecule has 5 nitrogen and oxygen atoms in total. The van der Waals surface area contributed by atoms with Crippen molar-refractivity contribution in [1.82, 2.24) is 0 Å². The van der Waals surface area contributed by atoms with E-state index in [0.29, 0.717) is 17.4 Å². The normalized spacial score (nSPS) is 9.81. The summed E-state index contributed by atoms with van der Waals surface area (Å²) >= 11 is 0. The zero-order chi connectivity index (χ0) is 12.1. The molecule has 1 rings (SSSR count). The number of rotatable bonds is 5. The summed E-state index contributed by atoms with van der Waals surface area (Å²) in [6.45, 7) is 0. The Labute approximate surface area is 92.3 Å². The van der Waals surface area contributed by atoms with E-state index in [1.165, 1.54) is 19.2 Å². The van der Waals surface area contributed by atoms with Gasteiger partial charge < -0.3 is 14.9 Å². The Bertz CT molecular complexity index is 411. The number of carbonyl (C=O) groups excluding carboxylic acids is 1. The van der Waals surface area contributed by atoms with Crippen LogP contribution >= 0.6 is 0 Å². The maximum atomic E-state index is 10.8. The lowest BCUT2D eigenvalue weighted by Crippen LogP contribution is -2.01. The first-order valence-corrected chi connectivity index (χ1v) is 4.65. The average molecular weight is 224 g/mol. The van der Waals surface area contributed by atoms with Gasteiger partial charge in [0.05, 0.1) is 7.11 Å². The number of aryl methyl sites for hydroxylation is 1. The smallest absolute Gasteiger partial charge is 0.303 e. The van der Waals surface area contributed by atoms with Gasteiger partial charge in [0.2, 0.25) is 0 Å². The van der Waals surface area contributed by atoms with Crippen LogP contribution in [0.2, 0.25) is 0 Å². The van der Waals surface area contributed by atoms with Gasteiger partial charge >= 0.3 is 5.97 Å². The van der Waals surface area contributed by atoms with Crippen LogP contribution in [0.1, 0.15) is 22.3 Å².